The van der Waals surface area contributed by atoms with Crippen molar-refractivity contribution < 1.29 is 19.8 Å². The number of rotatable bonds is 2. The first kappa shape index (κ1) is 20.6. The molecule has 0 aromatic heterocycles. The molecule has 0 aromatic carbocycles. The van der Waals surface area contributed by atoms with Crippen molar-refractivity contribution in [3.8, 4) is 0 Å². The zero-order valence-electron chi connectivity index (χ0n) is 16.5. The number of aliphatic hydroxyl groups is 2. The van der Waals surface area contributed by atoms with Gasteiger partial charge in [0.25, 0.3) is 0 Å². The maximum atomic E-state index is 12.7. The molecule has 4 nitrogen and oxygen atoms in total. The molecule has 8 atom stereocenters. The number of halogens is 2. The van der Waals surface area contributed by atoms with Crippen molar-refractivity contribution in [2.45, 2.75) is 63.0 Å². The van der Waals surface area contributed by atoms with E-state index >= 15 is 0 Å². The van der Waals surface area contributed by atoms with Crippen LogP contribution in [-0.4, -0.2) is 44.2 Å². The van der Waals surface area contributed by atoms with Crippen LogP contribution in [0.1, 0.15) is 46.5 Å². The highest BCUT2D eigenvalue weighted by atomic mass is 35.5. The Morgan fingerprint density at radius 3 is 2.64 bits per heavy atom. The molecule has 0 aromatic rings. The number of ketones is 2. The number of allylic oxidation sites excluding steroid dienone is 4. The summed E-state index contributed by atoms with van der Waals surface area (Å²) in [6.45, 7) is 5.81. The smallest absolute Gasteiger partial charge is 0.179 e. The molecule has 28 heavy (non-hydrogen) atoms. The fourth-order valence-electron chi connectivity index (χ4n) is 7.24. The summed E-state index contributed by atoms with van der Waals surface area (Å²) in [4.78, 5) is 23.7. The lowest BCUT2D eigenvalue weighted by atomic mass is 9.45. The highest BCUT2D eigenvalue weighted by Gasteiger charge is 2.74. The summed E-state index contributed by atoms with van der Waals surface area (Å²) >= 11 is 13.2. The summed E-state index contributed by atoms with van der Waals surface area (Å²) in [5.74, 6) is -1.00. The Balaban J connectivity index is 1.84. The van der Waals surface area contributed by atoms with Gasteiger partial charge in [0.05, 0.1) is 16.9 Å². The third-order valence-electron chi connectivity index (χ3n) is 8.77. The summed E-state index contributed by atoms with van der Waals surface area (Å²) in [7, 11) is 0. The first-order valence-electron chi connectivity index (χ1n) is 10.1. The fourth-order valence-corrected chi connectivity index (χ4v) is 7.97. The summed E-state index contributed by atoms with van der Waals surface area (Å²) in [6, 6.07) is 0. The normalized spacial score (nSPS) is 52.5. The number of carbonyl (C=O) groups excluding carboxylic acids is 2. The Bertz CT molecular complexity index is 806. The van der Waals surface area contributed by atoms with Crippen LogP contribution in [0.25, 0.3) is 0 Å². The molecule has 154 valence electrons. The Labute approximate surface area is 176 Å². The summed E-state index contributed by atoms with van der Waals surface area (Å²) in [5, 5.41) is 22.9. The van der Waals surface area contributed by atoms with Gasteiger partial charge in [-0.1, -0.05) is 32.4 Å². The van der Waals surface area contributed by atoms with Crippen molar-refractivity contribution in [3.05, 3.63) is 23.8 Å². The molecule has 3 saturated carbocycles. The lowest BCUT2D eigenvalue weighted by Gasteiger charge is -2.63. The van der Waals surface area contributed by atoms with E-state index < -0.39 is 27.4 Å². The second-order valence-electron chi connectivity index (χ2n) is 9.72. The van der Waals surface area contributed by atoms with Crippen molar-refractivity contribution >= 4 is 34.8 Å². The van der Waals surface area contributed by atoms with Crippen LogP contribution in [-0.2, 0) is 9.59 Å². The van der Waals surface area contributed by atoms with Gasteiger partial charge in [0.1, 0.15) is 5.60 Å². The quantitative estimate of drug-likeness (QED) is 0.663. The topological polar surface area (TPSA) is 74.6 Å². The second kappa shape index (κ2) is 6.16. The maximum Gasteiger partial charge on any atom is 0.179 e. The third-order valence-corrected chi connectivity index (χ3v) is 9.94. The van der Waals surface area contributed by atoms with Crippen LogP contribution in [0, 0.1) is 28.6 Å². The predicted octanol–water partition coefficient (Wildman–Crippen LogP) is 3.41. The number of hydrogen-bond donors (Lipinski definition) is 2. The van der Waals surface area contributed by atoms with Crippen LogP contribution in [0.4, 0.5) is 0 Å². The highest BCUT2D eigenvalue weighted by molar-refractivity contribution is 6.29. The van der Waals surface area contributed by atoms with Crippen molar-refractivity contribution in [1.82, 2.24) is 0 Å². The molecular weight excluding hydrogens is 399 g/mol. The van der Waals surface area contributed by atoms with Gasteiger partial charge < -0.3 is 10.2 Å². The lowest BCUT2D eigenvalue weighted by Crippen LogP contribution is -2.68. The van der Waals surface area contributed by atoms with Crippen LogP contribution < -0.4 is 0 Å². The predicted molar refractivity (Wildman–Crippen MR) is 108 cm³/mol. The van der Waals surface area contributed by atoms with Gasteiger partial charge in [-0.3, -0.25) is 9.59 Å². The molecular formula is C22H28Cl2O4. The second-order valence-corrected chi connectivity index (χ2v) is 10.6. The number of carbonyl (C=O) groups is 2. The Kier molecular flexibility index (Phi) is 4.53. The average Bonchev–Trinajstić information content (AvgIpc) is 2.84. The average molecular weight is 427 g/mol. The van der Waals surface area contributed by atoms with Crippen molar-refractivity contribution in [2.24, 2.45) is 28.6 Å². The molecule has 4 aliphatic carbocycles. The van der Waals surface area contributed by atoms with Gasteiger partial charge in [-0.05, 0) is 55.6 Å². The van der Waals surface area contributed by atoms with Gasteiger partial charge in [-0.2, -0.15) is 0 Å². The minimum atomic E-state index is -1.56. The van der Waals surface area contributed by atoms with E-state index in [-0.39, 0.29) is 41.6 Å². The SMILES string of the molecule is C[C@@H]1C[C@H]2[C@@H]3CCC4=CC(=O)C=C[C@@]4(C)[C@@]3(Cl)[C@@H](O)C[C@]2(C)[C@@]1(O)C(=O)CCl. The van der Waals surface area contributed by atoms with Gasteiger partial charge in [0, 0.05) is 10.8 Å². The molecule has 0 bridgehead atoms. The lowest BCUT2D eigenvalue weighted by molar-refractivity contribution is -0.175. The van der Waals surface area contributed by atoms with E-state index in [1.165, 1.54) is 0 Å². The Morgan fingerprint density at radius 2 is 2.00 bits per heavy atom. The molecule has 0 spiro atoms. The molecule has 0 unspecified atom stereocenters. The first-order valence-corrected chi connectivity index (χ1v) is 11.0. The fraction of sp³-hybridized carbons (Fsp3) is 0.727. The van der Waals surface area contributed by atoms with E-state index in [2.05, 4.69) is 0 Å². The number of fused-ring (bicyclic) bond motifs is 5. The zero-order valence-corrected chi connectivity index (χ0v) is 18.1. The molecule has 3 fully saturated rings. The third kappa shape index (κ3) is 2.16. The van der Waals surface area contributed by atoms with E-state index in [9.17, 15) is 19.8 Å². The van der Waals surface area contributed by atoms with Crippen LogP contribution in [0.2, 0.25) is 0 Å². The van der Waals surface area contributed by atoms with E-state index in [1.807, 2.05) is 26.8 Å². The van der Waals surface area contributed by atoms with Crippen LogP contribution in [0.5, 0.6) is 0 Å². The largest absolute Gasteiger partial charge is 0.391 e. The molecule has 0 radical (unpaired) electrons. The molecule has 4 aliphatic rings. The summed E-state index contributed by atoms with van der Waals surface area (Å²) in [5.41, 5.74) is -2.01. The molecule has 0 amide bonds. The molecule has 0 saturated heterocycles. The molecule has 0 aliphatic heterocycles. The minimum absolute atomic E-state index is 0.00929. The van der Waals surface area contributed by atoms with Crippen LogP contribution in [0.15, 0.2) is 23.8 Å². The Morgan fingerprint density at radius 1 is 1.32 bits per heavy atom. The summed E-state index contributed by atoms with van der Waals surface area (Å²) < 4.78 is 0. The maximum absolute atomic E-state index is 12.7. The van der Waals surface area contributed by atoms with E-state index in [0.717, 1.165) is 18.4 Å². The van der Waals surface area contributed by atoms with E-state index in [1.54, 1.807) is 12.2 Å². The van der Waals surface area contributed by atoms with Gasteiger partial charge in [-0.25, -0.2) is 0 Å². The van der Waals surface area contributed by atoms with Gasteiger partial charge >= 0.3 is 0 Å². The van der Waals surface area contributed by atoms with E-state index in [4.69, 9.17) is 23.2 Å². The highest BCUT2D eigenvalue weighted by Crippen LogP contribution is 2.71. The van der Waals surface area contributed by atoms with E-state index in [0.29, 0.717) is 6.42 Å². The monoisotopic (exact) mass is 426 g/mol. The number of Topliss-reactive ketones (excluding diaryl/α,β-unsaturated/α-hetero) is 1. The molecule has 2 N–H and O–H groups in total. The van der Waals surface area contributed by atoms with Crippen LogP contribution >= 0.6 is 23.2 Å². The van der Waals surface area contributed by atoms with Crippen molar-refractivity contribution in [3.63, 3.8) is 0 Å². The summed E-state index contributed by atoms with van der Waals surface area (Å²) in [6.07, 6.45) is 6.47. The first-order chi connectivity index (χ1) is 13.0. The van der Waals surface area contributed by atoms with Crippen LogP contribution in [0.3, 0.4) is 0 Å². The number of aliphatic hydroxyl groups excluding tert-OH is 1. The van der Waals surface area contributed by atoms with Crippen molar-refractivity contribution in [1.29, 1.82) is 0 Å². The zero-order chi connectivity index (χ0) is 20.7. The molecule has 0 heterocycles. The molecule has 4 rings (SSSR count). The number of hydrogen-bond acceptors (Lipinski definition) is 4. The number of alkyl halides is 2. The standard InChI is InChI=1S/C22H28Cl2O4/c1-12-8-16-15-5-4-13-9-14(25)6-7-19(13,2)21(15,24)17(26)10-20(16,3)22(12,28)18(27)11-23/h6-7,9,12,15-17,26,28H,4-5,8,10-11H2,1-3H3/t12-,15+,16+,17+,19-,20+,21+,22+/m1/s1. The van der Waals surface area contributed by atoms with Gasteiger partial charge in [0.2, 0.25) is 0 Å². The van der Waals surface area contributed by atoms with Gasteiger partial charge in [-0.15, -0.1) is 23.2 Å². The molecule has 6 heteroatoms. The minimum Gasteiger partial charge on any atom is -0.391 e. The van der Waals surface area contributed by atoms with Crippen molar-refractivity contribution in [2.75, 3.05) is 5.88 Å². The van der Waals surface area contributed by atoms with Gasteiger partial charge in [0.15, 0.2) is 11.6 Å². The Hall–Kier alpha value is -0.680.